The molecule has 4 rings (SSSR count). The molecule has 56 heavy (non-hydrogen) atoms. The van der Waals surface area contributed by atoms with Gasteiger partial charge in [0.2, 0.25) is 0 Å². The van der Waals surface area contributed by atoms with Crippen LogP contribution in [-0.4, -0.2) is 50.7 Å². The Hall–Kier alpha value is -5.84. The van der Waals surface area contributed by atoms with Gasteiger partial charge in [0.1, 0.15) is 0 Å². The van der Waals surface area contributed by atoms with E-state index < -0.39 is 18.3 Å². The third-order valence-electron chi connectivity index (χ3n) is 8.79. The highest BCUT2D eigenvalue weighted by Crippen LogP contribution is 2.18. The second kappa shape index (κ2) is 24.5. The van der Waals surface area contributed by atoms with Crippen molar-refractivity contribution in [2.75, 3.05) is 42.4 Å². The van der Waals surface area contributed by atoms with Gasteiger partial charge >= 0.3 is 24.2 Å². The third-order valence-corrected chi connectivity index (χ3v) is 8.79. The van der Waals surface area contributed by atoms with Crippen LogP contribution < -0.4 is 16.0 Å². The molecule has 3 N–H and O–H groups in total. The first-order chi connectivity index (χ1) is 27.3. The van der Waals surface area contributed by atoms with Crippen molar-refractivity contribution in [1.82, 2.24) is 0 Å². The van der Waals surface area contributed by atoms with E-state index in [2.05, 4.69) is 29.8 Å². The Morgan fingerprint density at radius 2 is 0.679 bits per heavy atom. The minimum atomic E-state index is -0.557. The van der Waals surface area contributed by atoms with Crippen LogP contribution in [0.2, 0.25) is 0 Å². The van der Waals surface area contributed by atoms with Crippen LogP contribution in [-0.2, 0) is 43.0 Å². The Bertz CT molecular complexity index is 1640. The van der Waals surface area contributed by atoms with Gasteiger partial charge < -0.3 is 18.9 Å². The number of anilines is 3. The summed E-state index contributed by atoms with van der Waals surface area (Å²) < 4.78 is 21.0. The van der Waals surface area contributed by atoms with E-state index in [0.29, 0.717) is 49.5 Å². The average molecular weight is 766 g/mol. The number of benzene rings is 4. The van der Waals surface area contributed by atoms with Crippen molar-refractivity contribution in [3.05, 3.63) is 125 Å². The number of nitrogens with one attached hydrogen (secondary N) is 3. The van der Waals surface area contributed by atoms with E-state index >= 15 is 0 Å². The van der Waals surface area contributed by atoms with Crippen LogP contribution in [0.4, 0.5) is 31.4 Å². The minimum Gasteiger partial charge on any atom is -0.465 e. The molecule has 0 radical (unpaired) electrons. The molecular weight excluding hydrogens is 711 g/mol. The summed E-state index contributed by atoms with van der Waals surface area (Å²) in [5, 5.41) is 8.20. The zero-order valence-corrected chi connectivity index (χ0v) is 32.6. The van der Waals surface area contributed by atoms with Crippen molar-refractivity contribution in [2.24, 2.45) is 0 Å². The Kier molecular flexibility index (Phi) is 18.8. The number of carbonyl (C=O) groups excluding carboxylic acids is 4. The first kappa shape index (κ1) is 42.9. The summed E-state index contributed by atoms with van der Waals surface area (Å²) in [4.78, 5) is 48.5. The molecule has 298 valence electrons. The molecular formula is C45H55N3O8. The number of rotatable bonds is 22. The van der Waals surface area contributed by atoms with Gasteiger partial charge in [-0.25, -0.2) is 14.4 Å². The lowest BCUT2D eigenvalue weighted by atomic mass is 10.0. The van der Waals surface area contributed by atoms with Gasteiger partial charge in [0.25, 0.3) is 0 Å². The molecule has 0 aromatic heterocycles. The second-order valence-corrected chi connectivity index (χ2v) is 13.6. The monoisotopic (exact) mass is 765 g/mol. The number of unbranched alkanes of at least 4 members (excludes halogenated alkanes) is 5. The molecule has 0 unspecified atom stereocenters. The number of ether oxygens (including phenoxy) is 4. The van der Waals surface area contributed by atoms with Crippen LogP contribution in [0.3, 0.4) is 0 Å². The standard InChI is InChI=1S/C45H55N3O8/c1-3-5-7-27-53-42(49)33-38-13-11-34(12-14-38)31-35-15-21-40(22-16-35)47-44(51)55-29-9-10-30-56-45(52)48-41-25-19-37(20-26-41)32-36-17-23-39(24-18-36)46-43(50)54-28-8-6-4-2/h11-26H,3-10,27-33H2,1-2H3,(H,46,50)(H,47,51)(H,48,52). The van der Waals surface area contributed by atoms with Crippen LogP contribution >= 0.6 is 0 Å². The molecule has 4 aromatic rings. The van der Waals surface area contributed by atoms with E-state index in [-0.39, 0.29) is 25.6 Å². The molecule has 0 aliphatic carbocycles. The normalized spacial score (nSPS) is 10.6. The first-order valence-corrected chi connectivity index (χ1v) is 19.6. The average Bonchev–Trinajstić information content (AvgIpc) is 3.19. The summed E-state index contributed by atoms with van der Waals surface area (Å²) in [6.45, 7) is 5.48. The smallest absolute Gasteiger partial charge is 0.411 e. The summed E-state index contributed by atoms with van der Waals surface area (Å²) in [6, 6.07) is 30.6. The minimum absolute atomic E-state index is 0.187. The largest absolute Gasteiger partial charge is 0.465 e. The summed E-state index contributed by atoms with van der Waals surface area (Å²) in [5.41, 5.74) is 7.18. The SMILES string of the molecule is CCCCCOC(=O)Cc1ccc(Cc2ccc(NC(=O)OCCCCOC(=O)Nc3ccc(Cc4ccc(NC(=O)OCCCCC)cc4)cc3)cc2)cc1. The number of amides is 3. The molecule has 11 heteroatoms. The summed E-state index contributed by atoms with van der Waals surface area (Å²) in [5.74, 6) is -0.200. The molecule has 0 aliphatic rings. The van der Waals surface area contributed by atoms with E-state index in [4.69, 9.17) is 18.9 Å². The quantitative estimate of drug-likeness (QED) is 0.0408. The number of hydrogen-bond acceptors (Lipinski definition) is 8. The summed E-state index contributed by atoms with van der Waals surface area (Å²) >= 11 is 0. The zero-order chi connectivity index (χ0) is 39.8. The Morgan fingerprint density at radius 3 is 1.02 bits per heavy atom. The van der Waals surface area contributed by atoms with Gasteiger partial charge in [-0.05, 0) is 103 Å². The van der Waals surface area contributed by atoms with Gasteiger partial charge in [-0.15, -0.1) is 0 Å². The predicted molar refractivity (Wildman–Crippen MR) is 219 cm³/mol. The maximum atomic E-state index is 12.3. The second-order valence-electron chi connectivity index (χ2n) is 13.6. The van der Waals surface area contributed by atoms with Crippen LogP contribution in [0.1, 0.15) is 93.0 Å². The van der Waals surface area contributed by atoms with E-state index in [1.165, 1.54) is 0 Å². The van der Waals surface area contributed by atoms with Crippen molar-refractivity contribution >= 4 is 41.3 Å². The Labute approximate surface area is 330 Å². The lowest BCUT2D eigenvalue weighted by Gasteiger charge is -2.10. The molecule has 11 nitrogen and oxygen atoms in total. The first-order valence-electron chi connectivity index (χ1n) is 19.6. The van der Waals surface area contributed by atoms with Gasteiger partial charge in [-0.2, -0.15) is 0 Å². The maximum absolute atomic E-state index is 12.3. The van der Waals surface area contributed by atoms with E-state index in [1.54, 1.807) is 0 Å². The third kappa shape index (κ3) is 17.1. The fourth-order valence-corrected chi connectivity index (χ4v) is 5.63. The molecule has 4 aromatic carbocycles. The molecule has 0 aliphatic heterocycles. The van der Waals surface area contributed by atoms with Crippen molar-refractivity contribution in [3.63, 3.8) is 0 Å². The van der Waals surface area contributed by atoms with Gasteiger partial charge in [0.05, 0.1) is 32.8 Å². The molecule has 0 bridgehead atoms. The number of carbonyl (C=O) groups is 4. The highest BCUT2D eigenvalue weighted by atomic mass is 16.6. The Balaban J connectivity index is 1.04. The van der Waals surface area contributed by atoms with Crippen LogP contribution in [0.15, 0.2) is 97.1 Å². The van der Waals surface area contributed by atoms with Crippen molar-refractivity contribution in [2.45, 2.75) is 84.5 Å². The van der Waals surface area contributed by atoms with Crippen molar-refractivity contribution < 1.29 is 38.1 Å². The van der Waals surface area contributed by atoms with Crippen molar-refractivity contribution in [3.8, 4) is 0 Å². The van der Waals surface area contributed by atoms with Gasteiger partial charge in [-0.3, -0.25) is 20.7 Å². The molecule has 0 fully saturated rings. The topological polar surface area (TPSA) is 141 Å². The van der Waals surface area contributed by atoms with Crippen molar-refractivity contribution in [1.29, 1.82) is 0 Å². The zero-order valence-electron chi connectivity index (χ0n) is 32.6. The van der Waals surface area contributed by atoms with E-state index in [9.17, 15) is 19.2 Å². The molecule has 0 saturated heterocycles. The lowest BCUT2D eigenvalue weighted by molar-refractivity contribution is -0.142. The number of esters is 1. The fourth-order valence-electron chi connectivity index (χ4n) is 5.63. The van der Waals surface area contributed by atoms with Gasteiger partial charge in [0.15, 0.2) is 0 Å². The van der Waals surface area contributed by atoms with E-state index in [1.807, 2.05) is 97.1 Å². The number of hydrogen-bond donors (Lipinski definition) is 3. The maximum Gasteiger partial charge on any atom is 0.411 e. The van der Waals surface area contributed by atoms with Gasteiger partial charge in [-0.1, -0.05) is 100 Å². The molecule has 0 heterocycles. The lowest BCUT2D eigenvalue weighted by Crippen LogP contribution is -2.16. The van der Waals surface area contributed by atoms with Crippen LogP contribution in [0.5, 0.6) is 0 Å². The van der Waals surface area contributed by atoms with Crippen LogP contribution in [0.25, 0.3) is 0 Å². The van der Waals surface area contributed by atoms with Gasteiger partial charge in [0, 0.05) is 17.1 Å². The van der Waals surface area contributed by atoms with E-state index in [0.717, 1.165) is 72.8 Å². The molecule has 0 saturated carbocycles. The molecule has 3 amide bonds. The summed E-state index contributed by atoms with van der Waals surface area (Å²) in [6.07, 6.45) is 7.20. The highest BCUT2D eigenvalue weighted by Gasteiger charge is 2.09. The Morgan fingerprint density at radius 1 is 0.393 bits per heavy atom. The fraction of sp³-hybridized carbons (Fsp3) is 0.378. The molecule has 0 atom stereocenters. The molecule has 0 spiro atoms. The highest BCUT2D eigenvalue weighted by molar-refractivity contribution is 5.85. The predicted octanol–water partition coefficient (Wildman–Crippen LogP) is 10.5. The summed E-state index contributed by atoms with van der Waals surface area (Å²) in [7, 11) is 0. The van der Waals surface area contributed by atoms with Crippen LogP contribution in [0, 0.1) is 0 Å².